The minimum absolute atomic E-state index is 0.176. The first-order chi connectivity index (χ1) is 19.5. The summed E-state index contributed by atoms with van der Waals surface area (Å²) in [6, 6.07) is 28.9. The Kier molecular flexibility index (Phi) is 10.4. The fourth-order valence-corrected chi connectivity index (χ4v) is 9.49. The zero-order valence-electron chi connectivity index (χ0n) is 24.5. The average Bonchev–Trinajstić information content (AvgIpc) is 2.96. The van der Waals surface area contributed by atoms with Crippen molar-refractivity contribution in [3.8, 4) is 0 Å². The molecule has 0 aliphatic carbocycles. The zero-order valence-corrected chi connectivity index (χ0v) is 25.5. The summed E-state index contributed by atoms with van der Waals surface area (Å²) in [5.41, 5.74) is -1.36. The van der Waals surface area contributed by atoms with E-state index in [0.29, 0.717) is 5.56 Å². The van der Waals surface area contributed by atoms with Crippen molar-refractivity contribution in [3.05, 3.63) is 109 Å². The summed E-state index contributed by atoms with van der Waals surface area (Å²) >= 11 is 0. The van der Waals surface area contributed by atoms with Gasteiger partial charge in [0.25, 0.3) is 14.2 Å². The van der Waals surface area contributed by atoms with E-state index in [-0.39, 0.29) is 11.6 Å². The maximum absolute atomic E-state index is 13.1. The number of nitrogens with one attached hydrogen (secondary N) is 1. The van der Waals surface area contributed by atoms with Crippen molar-refractivity contribution in [1.82, 2.24) is 5.32 Å². The lowest BCUT2D eigenvalue weighted by Crippen LogP contribution is -2.66. The number of benzene rings is 3. The van der Waals surface area contributed by atoms with Crippen molar-refractivity contribution in [3.63, 3.8) is 0 Å². The predicted molar refractivity (Wildman–Crippen MR) is 163 cm³/mol. The fourth-order valence-electron chi connectivity index (χ4n) is 4.99. The molecule has 0 unspecified atom stereocenters. The summed E-state index contributed by atoms with van der Waals surface area (Å²) in [5.74, 6) is -1.88. The monoisotopic (exact) mass is 573 g/mol. The summed E-state index contributed by atoms with van der Waals surface area (Å²) < 4.78 is 17.5. The first-order valence-corrected chi connectivity index (χ1v) is 15.4. The lowest BCUT2D eigenvalue weighted by molar-refractivity contribution is -0.159. The second-order valence-electron chi connectivity index (χ2n) is 10.9. The first-order valence-electron chi connectivity index (χ1n) is 13.5. The fraction of sp³-hybridized carbons (Fsp3) is 0.303. The first kappa shape index (κ1) is 31.5. The molecule has 216 valence electrons. The van der Waals surface area contributed by atoms with Crippen LogP contribution >= 0.6 is 0 Å². The summed E-state index contributed by atoms with van der Waals surface area (Å²) in [7, 11) is -1.60. The van der Waals surface area contributed by atoms with Gasteiger partial charge < -0.3 is 19.2 Å². The Hall–Kier alpha value is -4.01. The van der Waals surface area contributed by atoms with Gasteiger partial charge in [0.05, 0.1) is 13.7 Å². The third-order valence-electron chi connectivity index (χ3n) is 7.00. The molecule has 2 atom stereocenters. The topological polar surface area (TPSA) is 90.9 Å². The number of hydrogen-bond acceptors (Lipinski definition) is 6. The highest BCUT2D eigenvalue weighted by Crippen LogP contribution is 2.36. The minimum Gasteiger partial charge on any atom is -0.467 e. The molecule has 1 amide bonds. The lowest BCUT2D eigenvalue weighted by atomic mass is 9.93. The Balaban J connectivity index is 1.98. The SMILES string of the molecule is COC(=O)[C@@](C)(NC(=O)c1ccccc1)[C@@H](/C=C/CO[Si](c1ccccc1)(c1ccccc1)C(C)(C)C)OC(C)=O. The number of amides is 1. The van der Waals surface area contributed by atoms with Gasteiger partial charge in [-0.3, -0.25) is 9.59 Å². The molecule has 0 aliphatic heterocycles. The van der Waals surface area contributed by atoms with Crippen molar-refractivity contribution in [2.75, 3.05) is 13.7 Å². The molecular formula is C33H39NO6Si. The Morgan fingerprint density at radius 1 is 0.829 bits per heavy atom. The standard InChI is InChI=1S/C33H39NO6Si/c1-25(35)40-29(33(5,31(37)38-6)34-30(36)26-17-10-7-11-18-26)23-16-24-39-41(32(2,3)4,27-19-12-8-13-20-27)28-21-14-9-15-22-28/h7-23,29H,24H2,1-6H3,(H,34,36)/b23-16+/t29-,33+/m1/s1. The Morgan fingerprint density at radius 3 is 1.76 bits per heavy atom. The third kappa shape index (κ3) is 7.20. The van der Waals surface area contributed by atoms with E-state index in [4.69, 9.17) is 13.9 Å². The molecule has 0 aromatic heterocycles. The van der Waals surface area contributed by atoms with Crippen LogP contribution in [-0.2, 0) is 23.5 Å². The van der Waals surface area contributed by atoms with Gasteiger partial charge in [0.1, 0.15) is 0 Å². The van der Waals surface area contributed by atoms with Gasteiger partial charge in [0, 0.05) is 12.5 Å². The minimum atomic E-state index is -2.82. The van der Waals surface area contributed by atoms with Crippen LogP contribution in [0.4, 0.5) is 0 Å². The van der Waals surface area contributed by atoms with Gasteiger partial charge in [-0.05, 0) is 40.5 Å². The molecule has 1 N–H and O–H groups in total. The van der Waals surface area contributed by atoms with E-state index in [1.807, 2.05) is 36.4 Å². The Bertz CT molecular complexity index is 1300. The molecular weight excluding hydrogens is 534 g/mol. The largest absolute Gasteiger partial charge is 0.467 e. The summed E-state index contributed by atoms with van der Waals surface area (Å²) in [6.45, 7) is 9.43. The quantitative estimate of drug-likeness (QED) is 0.208. The lowest BCUT2D eigenvalue weighted by Gasteiger charge is -2.42. The molecule has 0 spiro atoms. The van der Waals surface area contributed by atoms with Crippen LogP contribution in [0.2, 0.25) is 5.04 Å². The summed E-state index contributed by atoms with van der Waals surface area (Å²) in [6.07, 6.45) is 2.13. The van der Waals surface area contributed by atoms with Crippen LogP contribution in [0, 0.1) is 0 Å². The third-order valence-corrected chi connectivity index (χ3v) is 12.0. The maximum Gasteiger partial charge on any atom is 0.335 e. The number of methoxy groups -OCH3 is 1. The molecule has 8 heteroatoms. The van der Waals surface area contributed by atoms with Crippen LogP contribution in [0.15, 0.2) is 103 Å². The van der Waals surface area contributed by atoms with E-state index in [9.17, 15) is 14.4 Å². The number of ether oxygens (including phenoxy) is 2. The van der Waals surface area contributed by atoms with E-state index in [1.165, 1.54) is 21.0 Å². The van der Waals surface area contributed by atoms with Crippen molar-refractivity contribution >= 4 is 36.5 Å². The molecule has 3 aromatic carbocycles. The maximum atomic E-state index is 13.1. The van der Waals surface area contributed by atoms with Crippen molar-refractivity contribution in [2.24, 2.45) is 0 Å². The summed E-state index contributed by atoms with van der Waals surface area (Å²) in [5, 5.41) is 4.74. The van der Waals surface area contributed by atoms with E-state index < -0.39 is 37.8 Å². The molecule has 0 saturated heterocycles. The molecule has 0 saturated carbocycles. The molecule has 0 bridgehead atoms. The van der Waals surface area contributed by atoms with Crippen LogP contribution in [0.25, 0.3) is 0 Å². The molecule has 41 heavy (non-hydrogen) atoms. The van der Waals surface area contributed by atoms with Gasteiger partial charge in [0.2, 0.25) is 0 Å². The molecule has 3 aromatic rings. The van der Waals surface area contributed by atoms with Crippen LogP contribution in [0.5, 0.6) is 0 Å². The Labute approximate surface area is 243 Å². The molecule has 0 fully saturated rings. The van der Waals surface area contributed by atoms with Crippen molar-refractivity contribution < 1.29 is 28.3 Å². The van der Waals surface area contributed by atoms with Crippen LogP contribution < -0.4 is 15.7 Å². The summed E-state index contributed by atoms with van der Waals surface area (Å²) in [4.78, 5) is 38.2. The second kappa shape index (κ2) is 13.6. The highest BCUT2D eigenvalue weighted by Gasteiger charge is 2.50. The molecule has 3 rings (SSSR count). The smallest absolute Gasteiger partial charge is 0.335 e. The van der Waals surface area contributed by atoms with Crippen molar-refractivity contribution in [2.45, 2.75) is 51.3 Å². The highest BCUT2D eigenvalue weighted by atomic mass is 28.4. The van der Waals surface area contributed by atoms with Crippen LogP contribution in [0.1, 0.15) is 45.0 Å². The molecule has 0 radical (unpaired) electrons. The molecule has 0 heterocycles. The van der Waals surface area contributed by atoms with E-state index >= 15 is 0 Å². The number of carbonyl (C=O) groups is 3. The van der Waals surface area contributed by atoms with Gasteiger partial charge in [-0.25, -0.2) is 4.79 Å². The van der Waals surface area contributed by atoms with E-state index in [1.54, 1.807) is 42.5 Å². The predicted octanol–water partition coefficient (Wildman–Crippen LogP) is 4.41. The van der Waals surface area contributed by atoms with Crippen LogP contribution in [-0.4, -0.2) is 51.5 Å². The number of hydrogen-bond donors (Lipinski definition) is 1. The number of carbonyl (C=O) groups excluding carboxylic acids is 3. The number of rotatable bonds is 11. The average molecular weight is 574 g/mol. The van der Waals surface area contributed by atoms with Crippen molar-refractivity contribution in [1.29, 1.82) is 0 Å². The second-order valence-corrected chi connectivity index (χ2v) is 15.3. The van der Waals surface area contributed by atoms with Crippen LogP contribution in [0.3, 0.4) is 0 Å². The van der Waals surface area contributed by atoms with Gasteiger partial charge in [0.15, 0.2) is 11.6 Å². The van der Waals surface area contributed by atoms with Gasteiger partial charge >= 0.3 is 11.9 Å². The highest BCUT2D eigenvalue weighted by molar-refractivity contribution is 6.99. The van der Waals surface area contributed by atoms with Gasteiger partial charge in [-0.1, -0.05) is 106 Å². The molecule has 0 aliphatic rings. The Morgan fingerprint density at radius 2 is 1.32 bits per heavy atom. The van der Waals surface area contributed by atoms with E-state index in [0.717, 1.165) is 10.4 Å². The zero-order chi connectivity index (χ0) is 30.1. The molecule has 7 nitrogen and oxygen atoms in total. The normalized spacial score (nSPS) is 14.1. The number of esters is 2. The van der Waals surface area contributed by atoms with Gasteiger partial charge in [-0.15, -0.1) is 0 Å². The van der Waals surface area contributed by atoms with Gasteiger partial charge in [-0.2, -0.15) is 0 Å². The van der Waals surface area contributed by atoms with E-state index in [2.05, 4.69) is 50.4 Å².